The number of unbranched alkanes of at least 4 members (excludes halogenated alkanes) is 2. The zero-order valence-electron chi connectivity index (χ0n) is 11.0. The van der Waals surface area contributed by atoms with E-state index < -0.39 is 0 Å². The molecular formula is C15H24O2. The number of benzene rings is 1. The van der Waals surface area contributed by atoms with Gasteiger partial charge < -0.3 is 9.47 Å². The van der Waals surface area contributed by atoms with Crippen molar-refractivity contribution < 1.29 is 9.47 Å². The van der Waals surface area contributed by atoms with Crippen LogP contribution in [0.2, 0.25) is 0 Å². The molecule has 0 spiro atoms. The molecule has 1 aromatic carbocycles. The van der Waals surface area contributed by atoms with Crippen LogP contribution in [0.1, 0.15) is 51.4 Å². The molecule has 0 saturated carbocycles. The van der Waals surface area contributed by atoms with E-state index in [0.717, 1.165) is 44.5 Å². The van der Waals surface area contributed by atoms with E-state index in [1.807, 2.05) is 18.2 Å². The largest absolute Gasteiger partial charge is 0.348 e. The summed E-state index contributed by atoms with van der Waals surface area (Å²) in [5, 5.41) is 0. The van der Waals surface area contributed by atoms with Crippen LogP contribution in [0.5, 0.6) is 0 Å². The molecule has 0 aliphatic heterocycles. The average Bonchev–Trinajstić information content (AvgIpc) is 2.38. The third-order valence-corrected chi connectivity index (χ3v) is 2.61. The highest BCUT2D eigenvalue weighted by molar-refractivity contribution is 5.15. The van der Waals surface area contributed by atoms with Gasteiger partial charge in [-0.15, -0.1) is 0 Å². The van der Waals surface area contributed by atoms with Crippen molar-refractivity contribution >= 4 is 0 Å². The molecule has 0 fully saturated rings. The Morgan fingerprint density at radius 3 is 1.88 bits per heavy atom. The van der Waals surface area contributed by atoms with Crippen LogP contribution in [0.25, 0.3) is 0 Å². The van der Waals surface area contributed by atoms with E-state index in [0.29, 0.717) is 0 Å². The molecule has 0 radical (unpaired) electrons. The van der Waals surface area contributed by atoms with Gasteiger partial charge in [0.15, 0.2) is 6.29 Å². The number of rotatable bonds is 9. The van der Waals surface area contributed by atoms with Crippen LogP contribution < -0.4 is 0 Å². The van der Waals surface area contributed by atoms with Crippen LogP contribution in [-0.2, 0) is 9.47 Å². The first kappa shape index (κ1) is 14.2. The monoisotopic (exact) mass is 236 g/mol. The second kappa shape index (κ2) is 9.20. The van der Waals surface area contributed by atoms with Crippen molar-refractivity contribution in [3.63, 3.8) is 0 Å². The van der Waals surface area contributed by atoms with E-state index >= 15 is 0 Å². The third-order valence-electron chi connectivity index (χ3n) is 2.61. The predicted molar refractivity (Wildman–Crippen MR) is 70.9 cm³/mol. The lowest BCUT2D eigenvalue weighted by Crippen LogP contribution is -2.10. The van der Waals surface area contributed by atoms with Crippen molar-refractivity contribution in [1.29, 1.82) is 0 Å². The lowest BCUT2D eigenvalue weighted by molar-refractivity contribution is -0.148. The summed E-state index contributed by atoms with van der Waals surface area (Å²) in [6.07, 6.45) is 4.27. The molecule has 96 valence electrons. The summed E-state index contributed by atoms with van der Waals surface area (Å²) >= 11 is 0. The van der Waals surface area contributed by atoms with Gasteiger partial charge in [0.05, 0.1) is 13.2 Å². The molecule has 0 amide bonds. The van der Waals surface area contributed by atoms with Gasteiger partial charge in [-0.2, -0.15) is 0 Å². The van der Waals surface area contributed by atoms with Gasteiger partial charge in [0.1, 0.15) is 0 Å². The van der Waals surface area contributed by atoms with E-state index in [1.165, 1.54) is 0 Å². The molecule has 1 aromatic rings. The smallest absolute Gasteiger partial charge is 0.183 e. The van der Waals surface area contributed by atoms with Crippen molar-refractivity contribution in [2.75, 3.05) is 13.2 Å². The van der Waals surface area contributed by atoms with Gasteiger partial charge in [-0.3, -0.25) is 0 Å². The second-order valence-corrected chi connectivity index (χ2v) is 4.19. The Morgan fingerprint density at radius 1 is 0.882 bits per heavy atom. The Bertz CT molecular complexity index is 262. The molecule has 0 aromatic heterocycles. The fraction of sp³-hybridized carbons (Fsp3) is 0.600. The summed E-state index contributed by atoms with van der Waals surface area (Å²) in [5.74, 6) is 0. The highest BCUT2D eigenvalue weighted by Gasteiger charge is 2.11. The summed E-state index contributed by atoms with van der Waals surface area (Å²) in [7, 11) is 0. The predicted octanol–water partition coefficient (Wildman–Crippen LogP) is 4.32. The molecule has 0 unspecified atom stereocenters. The number of ether oxygens (including phenoxy) is 2. The Balaban J connectivity index is 2.46. The Labute approximate surface area is 105 Å². The molecule has 0 bridgehead atoms. The quantitative estimate of drug-likeness (QED) is 0.469. The van der Waals surface area contributed by atoms with Crippen LogP contribution in [0, 0.1) is 0 Å². The van der Waals surface area contributed by atoms with Gasteiger partial charge >= 0.3 is 0 Å². The molecular weight excluding hydrogens is 212 g/mol. The Kier molecular flexibility index (Phi) is 7.69. The molecule has 17 heavy (non-hydrogen) atoms. The molecule has 2 heteroatoms. The van der Waals surface area contributed by atoms with Gasteiger partial charge in [0.2, 0.25) is 0 Å². The van der Waals surface area contributed by atoms with Crippen LogP contribution in [0.15, 0.2) is 30.3 Å². The summed E-state index contributed by atoms with van der Waals surface area (Å²) in [5.41, 5.74) is 1.11. The molecule has 1 rings (SSSR count). The number of hydrogen-bond donors (Lipinski definition) is 0. The standard InChI is InChI=1S/C15H24O2/c1-3-5-12-16-15(17-13-6-4-2)14-10-8-7-9-11-14/h7-11,15H,3-6,12-13H2,1-2H3. The summed E-state index contributed by atoms with van der Waals surface area (Å²) < 4.78 is 11.6. The first-order chi connectivity index (χ1) is 8.38. The fourth-order valence-corrected chi connectivity index (χ4v) is 1.52. The van der Waals surface area contributed by atoms with Crippen LogP contribution in [0.4, 0.5) is 0 Å². The molecule has 0 atom stereocenters. The summed E-state index contributed by atoms with van der Waals surface area (Å²) in [6, 6.07) is 10.2. The van der Waals surface area contributed by atoms with Crippen LogP contribution in [-0.4, -0.2) is 13.2 Å². The molecule has 0 saturated heterocycles. The van der Waals surface area contributed by atoms with Crippen molar-refractivity contribution in [2.24, 2.45) is 0 Å². The molecule has 2 nitrogen and oxygen atoms in total. The normalized spacial score (nSPS) is 11.0. The minimum absolute atomic E-state index is 0.200. The van der Waals surface area contributed by atoms with Gasteiger partial charge in [-0.05, 0) is 12.8 Å². The van der Waals surface area contributed by atoms with E-state index in [-0.39, 0.29) is 6.29 Å². The fourth-order valence-electron chi connectivity index (χ4n) is 1.52. The molecule has 0 heterocycles. The summed E-state index contributed by atoms with van der Waals surface area (Å²) in [6.45, 7) is 5.86. The van der Waals surface area contributed by atoms with Crippen molar-refractivity contribution in [2.45, 2.75) is 45.8 Å². The minimum Gasteiger partial charge on any atom is -0.348 e. The zero-order valence-corrected chi connectivity index (χ0v) is 11.0. The second-order valence-electron chi connectivity index (χ2n) is 4.19. The SMILES string of the molecule is CCCCOC(OCCCC)c1ccccc1. The maximum absolute atomic E-state index is 5.79. The Morgan fingerprint density at radius 2 is 1.41 bits per heavy atom. The van der Waals surface area contributed by atoms with Crippen molar-refractivity contribution in [1.82, 2.24) is 0 Å². The molecule has 0 N–H and O–H groups in total. The van der Waals surface area contributed by atoms with Crippen molar-refractivity contribution in [3.8, 4) is 0 Å². The highest BCUT2D eigenvalue weighted by atomic mass is 16.7. The minimum atomic E-state index is -0.200. The first-order valence-corrected chi connectivity index (χ1v) is 6.66. The average molecular weight is 236 g/mol. The third kappa shape index (κ3) is 5.85. The van der Waals surface area contributed by atoms with Crippen LogP contribution >= 0.6 is 0 Å². The highest BCUT2D eigenvalue weighted by Crippen LogP contribution is 2.19. The first-order valence-electron chi connectivity index (χ1n) is 6.66. The lowest BCUT2D eigenvalue weighted by Gasteiger charge is -2.18. The molecule has 0 aliphatic rings. The van der Waals surface area contributed by atoms with E-state index in [1.54, 1.807) is 0 Å². The summed E-state index contributed by atoms with van der Waals surface area (Å²) in [4.78, 5) is 0. The maximum atomic E-state index is 5.79. The van der Waals surface area contributed by atoms with Gasteiger partial charge in [-0.1, -0.05) is 57.0 Å². The molecule has 0 aliphatic carbocycles. The number of hydrogen-bond acceptors (Lipinski definition) is 2. The van der Waals surface area contributed by atoms with Crippen molar-refractivity contribution in [3.05, 3.63) is 35.9 Å². The lowest BCUT2D eigenvalue weighted by atomic mass is 10.2. The van der Waals surface area contributed by atoms with E-state index in [4.69, 9.17) is 9.47 Å². The van der Waals surface area contributed by atoms with Gasteiger partial charge in [0.25, 0.3) is 0 Å². The van der Waals surface area contributed by atoms with E-state index in [9.17, 15) is 0 Å². The van der Waals surface area contributed by atoms with Gasteiger partial charge in [-0.25, -0.2) is 0 Å². The zero-order chi connectivity index (χ0) is 12.3. The topological polar surface area (TPSA) is 18.5 Å². The van der Waals surface area contributed by atoms with Crippen LogP contribution in [0.3, 0.4) is 0 Å². The van der Waals surface area contributed by atoms with Gasteiger partial charge in [0, 0.05) is 5.56 Å². The Hall–Kier alpha value is -0.860. The van der Waals surface area contributed by atoms with E-state index in [2.05, 4.69) is 26.0 Å². The maximum Gasteiger partial charge on any atom is 0.183 e.